The summed E-state index contributed by atoms with van der Waals surface area (Å²) in [6.45, 7) is 4.20. The van der Waals surface area contributed by atoms with E-state index in [1.54, 1.807) is 0 Å². The third-order valence-electron chi connectivity index (χ3n) is 4.20. The third kappa shape index (κ3) is 2.84. The van der Waals surface area contributed by atoms with Crippen LogP contribution in [0.2, 0.25) is 0 Å². The van der Waals surface area contributed by atoms with E-state index >= 15 is 0 Å². The molecule has 23 heavy (non-hydrogen) atoms. The van der Waals surface area contributed by atoms with Crippen LogP contribution < -0.4 is 0 Å². The predicted octanol–water partition coefficient (Wildman–Crippen LogP) is 4.23. The lowest BCUT2D eigenvalue weighted by molar-refractivity contribution is 0.759. The van der Waals surface area contributed by atoms with Crippen molar-refractivity contribution < 1.29 is 0 Å². The zero-order valence-electron chi connectivity index (χ0n) is 13.5. The van der Waals surface area contributed by atoms with Gasteiger partial charge in [-0.2, -0.15) is 0 Å². The van der Waals surface area contributed by atoms with Gasteiger partial charge in [-0.3, -0.25) is 0 Å². The molecule has 0 aliphatic carbocycles. The highest BCUT2D eigenvalue weighted by atomic mass is 14.9. The van der Waals surface area contributed by atoms with Crippen LogP contribution in [-0.2, 0) is 12.8 Å². The summed E-state index contributed by atoms with van der Waals surface area (Å²) in [4.78, 5) is 16.1. The summed E-state index contributed by atoms with van der Waals surface area (Å²) in [5, 5.41) is 0. The van der Waals surface area contributed by atoms with Gasteiger partial charge >= 0.3 is 0 Å². The van der Waals surface area contributed by atoms with Crippen molar-refractivity contribution in [1.82, 2.24) is 19.9 Å². The number of rotatable bonds is 4. The van der Waals surface area contributed by atoms with Crippen LogP contribution in [0.1, 0.15) is 29.2 Å². The molecule has 116 valence electrons. The number of imidazole rings is 2. The normalized spacial score (nSPS) is 11.6. The van der Waals surface area contributed by atoms with Gasteiger partial charge in [0.15, 0.2) is 0 Å². The maximum absolute atomic E-state index is 4.65. The highest BCUT2D eigenvalue weighted by molar-refractivity contribution is 5.76. The zero-order valence-corrected chi connectivity index (χ0v) is 13.5. The summed E-state index contributed by atoms with van der Waals surface area (Å²) >= 11 is 0. The van der Waals surface area contributed by atoms with Crippen LogP contribution in [0.5, 0.6) is 0 Å². The smallest absolute Gasteiger partial charge is 0.107 e. The molecule has 2 N–H and O–H groups in total. The summed E-state index contributed by atoms with van der Waals surface area (Å²) < 4.78 is 0. The van der Waals surface area contributed by atoms with E-state index in [-0.39, 0.29) is 0 Å². The van der Waals surface area contributed by atoms with Crippen molar-refractivity contribution in [1.29, 1.82) is 0 Å². The van der Waals surface area contributed by atoms with Crippen LogP contribution in [0, 0.1) is 13.8 Å². The van der Waals surface area contributed by atoms with Crippen molar-refractivity contribution in [3.05, 3.63) is 59.2 Å². The molecule has 0 bridgehead atoms. The second kappa shape index (κ2) is 5.54. The molecule has 2 aromatic heterocycles. The minimum atomic E-state index is 0.934. The zero-order chi connectivity index (χ0) is 15.8. The highest BCUT2D eigenvalue weighted by Gasteiger charge is 2.06. The quantitative estimate of drug-likeness (QED) is 0.592. The molecule has 0 saturated heterocycles. The number of benzene rings is 2. The molecule has 2 aromatic carbocycles. The van der Waals surface area contributed by atoms with Crippen LogP contribution in [0.15, 0.2) is 36.4 Å². The Hall–Kier alpha value is -2.62. The molecule has 0 saturated carbocycles. The lowest BCUT2D eigenvalue weighted by atomic mass is 10.2. The Kier molecular flexibility index (Phi) is 3.37. The lowest BCUT2D eigenvalue weighted by Crippen LogP contribution is -1.93. The highest BCUT2D eigenvalue weighted by Crippen LogP contribution is 2.16. The fraction of sp³-hybridized carbons (Fsp3) is 0.263. The molecule has 0 radical (unpaired) electrons. The molecule has 0 unspecified atom stereocenters. The standard InChI is InChI=1S/C19H20N4/c1-12-6-8-14-16(10-12)22-18(20-14)4-3-5-19-21-15-9-7-13(2)11-17(15)23-19/h6-11H,3-5H2,1-2H3,(H,20,22)(H,21,23). The molecule has 0 spiro atoms. The van der Waals surface area contributed by atoms with Gasteiger partial charge in [0.1, 0.15) is 11.6 Å². The largest absolute Gasteiger partial charge is 0.342 e. The molecule has 2 heterocycles. The topological polar surface area (TPSA) is 57.4 Å². The average Bonchev–Trinajstić information content (AvgIpc) is 3.09. The number of aryl methyl sites for hydroxylation is 4. The van der Waals surface area contributed by atoms with E-state index < -0.39 is 0 Å². The van der Waals surface area contributed by atoms with Gasteiger partial charge in [-0.25, -0.2) is 9.97 Å². The first-order chi connectivity index (χ1) is 11.2. The Morgan fingerprint density at radius 1 is 0.739 bits per heavy atom. The monoisotopic (exact) mass is 304 g/mol. The molecule has 0 aliphatic heterocycles. The number of fused-ring (bicyclic) bond motifs is 2. The number of hydrogen-bond donors (Lipinski definition) is 2. The van der Waals surface area contributed by atoms with Gasteiger partial charge in [0.25, 0.3) is 0 Å². The number of H-pyrrole nitrogens is 2. The van der Waals surface area contributed by atoms with Crippen molar-refractivity contribution in [3.8, 4) is 0 Å². The Morgan fingerprint density at radius 2 is 1.22 bits per heavy atom. The lowest BCUT2D eigenvalue weighted by Gasteiger charge is -1.95. The van der Waals surface area contributed by atoms with E-state index in [0.717, 1.165) is 53.0 Å². The molecule has 4 heteroatoms. The Labute approximate surface area is 135 Å². The Morgan fingerprint density at radius 3 is 1.70 bits per heavy atom. The Bertz CT molecular complexity index is 898. The van der Waals surface area contributed by atoms with Crippen molar-refractivity contribution >= 4 is 22.1 Å². The first-order valence-corrected chi connectivity index (χ1v) is 8.08. The number of nitrogens with one attached hydrogen (secondary N) is 2. The van der Waals surface area contributed by atoms with Crippen LogP contribution in [0.3, 0.4) is 0 Å². The molecule has 4 nitrogen and oxygen atoms in total. The number of nitrogens with zero attached hydrogens (tertiary/aromatic N) is 2. The van der Waals surface area contributed by atoms with E-state index in [0.29, 0.717) is 0 Å². The summed E-state index contributed by atoms with van der Waals surface area (Å²) in [6, 6.07) is 12.6. The number of hydrogen-bond acceptors (Lipinski definition) is 2. The van der Waals surface area contributed by atoms with Crippen LogP contribution in [-0.4, -0.2) is 19.9 Å². The van der Waals surface area contributed by atoms with E-state index in [1.165, 1.54) is 11.1 Å². The Balaban J connectivity index is 1.45. The summed E-state index contributed by atoms with van der Waals surface area (Å²) in [5.41, 5.74) is 6.85. The molecular formula is C19H20N4. The third-order valence-corrected chi connectivity index (χ3v) is 4.20. The van der Waals surface area contributed by atoms with Gasteiger partial charge in [0.05, 0.1) is 22.1 Å². The van der Waals surface area contributed by atoms with E-state index in [9.17, 15) is 0 Å². The molecule has 0 fully saturated rings. The summed E-state index contributed by atoms with van der Waals surface area (Å²) in [5.74, 6) is 2.11. The second-order valence-corrected chi connectivity index (χ2v) is 6.26. The van der Waals surface area contributed by atoms with Crippen molar-refractivity contribution in [2.45, 2.75) is 33.1 Å². The molecule has 0 amide bonds. The fourth-order valence-electron chi connectivity index (χ4n) is 3.01. The molecule has 4 rings (SSSR count). The maximum atomic E-state index is 4.65. The van der Waals surface area contributed by atoms with Crippen LogP contribution in [0.25, 0.3) is 22.1 Å². The van der Waals surface area contributed by atoms with Crippen molar-refractivity contribution in [2.24, 2.45) is 0 Å². The van der Waals surface area contributed by atoms with Crippen LogP contribution >= 0.6 is 0 Å². The van der Waals surface area contributed by atoms with Gasteiger partial charge in [-0.1, -0.05) is 12.1 Å². The SMILES string of the molecule is Cc1ccc2nc(CCCc3nc4ccc(C)cc4[nH]3)[nH]c2c1. The van der Waals surface area contributed by atoms with E-state index in [4.69, 9.17) is 0 Å². The summed E-state index contributed by atoms with van der Waals surface area (Å²) in [6.07, 6.45) is 2.89. The first kappa shape index (κ1) is 14.0. The van der Waals surface area contributed by atoms with E-state index in [1.807, 2.05) is 0 Å². The minimum Gasteiger partial charge on any atom is -0.342 e. The van der Waals surface area contributed by atoms with Crippen LogP contribution in [0.4, 0.5) is 0 Å². The molecular weight excluding hydrogens is 284 g/mol. The molecule has 0 aliphatic rings. The molecule has 0 atom stereocenters. The average molecular weight is 304 g/mol. The molecule has 4 aromatic rings. The minimum absolute atomic E-state index is 0.934. The van der Waals surface area contributed by atoms with Crippen molar-refractivity contribution in [2.75, 3.05) is 0 Å². The van der Waals surface area contributed by atoms with Gasteiger partial charge in [0.2, 0.25) is 0 Å². The van der Waals surface area contributed by atoms with Gasteiger partial charge in [0, 0.05) is 12.8 Å². The number of aromatic nitrogens is 4. The number of aromatic amines is 2. The maximum Gasteiger partial charge on any atom is 0.107 e. The van der Waals surface area contributed by atoms with E-state index in [2.05, 4.69) is 70.2 Å². The van der Waals surface area contributed by atoms with Gasteiger partial charge in [-0.05, 0) is 55.7 Å². The predicted molar refractivity (Wildman–Crippen MR) is 93.7 cm³/mol. The fourth-order valence-corrected chi connectivity index (χ4v) is 3.01. The first-order valence-electron chi connectivity index (χ1n) is 8.08. The second-order valence-electron chi connectivity index (χ2n) is 6.26. The van der Waals surface area contributed by atoms with Gasteiger partial charge < -0.3 is 9.97 Å². The summed E-state index contributed by atoms with van der Waals surface area (Å²) in [7, 11) is 0. The van der Waals surface area contributed by atoms with Crippen molar-refractivity contribution in [3.63, 3.8) is 0 Å². The van der Waals surface area contributed by atoms with Gasteiger partial charge in [-0.15, -0.1) is 0 Å².